The van der Waals surface area contributed by atoms with Gasteiger partial charge in [0.2, 0.25) is 9.84 Å². The number of hydrogen-bond donors (Lipinski definition) is 3. The minimum Gasteiger partial charge on any atom is -0.351 e. The van der Waals surface area contributed by atoms with Gasteiger partial charge in [0.05, 0.1) is 0 Å². The first-order chi connectivity index (χ1) is 34.3. The molecule has 1 aromatic rings. The number of aryl methyl sites for hydroxylation is 1. The molecule has 3 N–H and O–H groups in total. The van der Waals surface area contributed by atoms with Gasteiger partial charge in [-0.15, -0.1) is 0 Å². The second kappa shape index (κ2) is 21.4. The van der Waals surface area contributed by atoms with Crippen molar-refractivity contribution in [2.45, 2.75) is 114 Å². The maximum absolute atomic E-state index is 14.9. The van der Waals surface area contributed by atoms with E-state index in [2.05, 4.69) is 0 Å². The van der Waals surface area contributed by atoms with E-state index in [4.69, 9.17) is 0 Å². The molecule has 464 valence electrons. The van der Waals surface area contributed by atoms with Crippen molar-refractivity contribution in [1.82, 2.24) is 20.3 Å². The predicted octanol–water partition coefficient (Wildman–Crippen LogP) is 10.4. The van der Waals surface area contributed by atoms with Crippen LogP contribution < -0.4 is 16.0 Å². The number of carbonyl (C=O) groups is 2. The summed E-state index contributed by atoms with van der Waals surface area (Å²) < 4.78 is 512. The highest BCUT2D eigenvalue weighted by atomic mass is 32.2. The molecule has 0 heterocycles. The molecule has 0 bridgehead atoms. The second-order valence-corrected chi connectivity index (χ2v) is 19.6. The predicted molar refractivity (Wildman–Crippen MR) is 190 cm³/mol. The first kappa shape index (κ1) is 72.6. The number of carbonyl (C=O) groups excluding carboxylic acids is 2. The Kier molecular flexibility index (Phi) is 19.7. The van der Waals surface area contributed by atoms with Gasteiger partial charge in [-0.2, -0.15) is 154 Å². The summed E-state index contributed by atoms with van der Waals surface area (Å²) in [6.07, 6.45) is -17.1. The Morgan fingerprint density at radius 1 is 0.430 bits per heavy atom. The molecule has 0 radical (unpaired) electrons. The fraction of sp³-hybridized carbons (Fsp3) is 0.758. The lowest BCUT2D eigenvalue weighted by molar-refractivity contribution is -0.458. The van der Waals surface area contributed by atoms with Gasteiger partial charge >= 0.3 is 93.9 Å². The van der Waals surface area contributed by atoms with Crippen LogP contribution in [-0.4, -0.2) is 165 Å². The van der Waals surface area contributed by atoms with E-state index in [0.29, 0.717) is 12.1 Å². The van der Waals surface area contributed by atoms with E-state index in [1.165, 1.54) is 0 Å². The van der Waals surface area contributed by atoms with Crippen LogP contribution in [0, 0.1) is 6.92 Å². The van der Waals surface area contributed by atoms with Crippen LogP contribution in [0.3, 0.4) is 0 Å². The molecule has 1 rings (SSSR count). The zero-order chi connectivity index (χ0) is 63.7. The second-order valence-electron chi connectivity index (χ2n) is 15.6. The summed E-state index contributed by atoms with van der Waals surface area (Å²) >= 11 is 0. The number of hydrogen-bond acceptors (Lipinski definition) is 7. The largest absolute Gasteiger partial charge is 0.460 e. The van der Waals surface area contributed by atoms with Crippen LogP contribution in [0.2, 0.25) is 0 Å². The molecule has 46 heteroatoms. The number of sulfone groups is 1. The Labute approximate surface area is 415 Å². The number of sulfonamides is 1. The Bertz CT molecular complexity index is 2600. The molecular weight excluding hydrogens is 1260 g/mol. The van der Waals surface area contributed by atoms with Crippen molar-refractivity contribution >= 4 is 31.7 Å². The quantitative estimate of drug-likeness (QED) is 0.0588. The fourth-order valence-electron chi connectivity index (χ4n) is 5.48. The van der Waals surface area contributed by atoms with Crippen LogP contribution in [0.1, 0.15) is 39.6 Å². The van der Waals surface area contributed by atoms with Crippen molar-refractivity contribution in [3.8, 4) is 0 Å². The van der Waals surface area contributed by atoms with Gasteiger partial charge in [0, 0.05) is 43.9 Å². The lowest BCUT2D eigenvalue weighted by atomic mass is 9.91. The number of halogens is 34. The van der Waals surface area contributed by atoms with E-state index >= 15 is 0 Å². The highest BCUT2D eigenvalue weighted by Gasteiger charge is 2.98. The summed E-state index contributed by atoms with van der Waals surface area (Å²) in [6.45, 7) is -6.09. The minimum atomic E-state index is -9.15. The molecule has 0 aliphatic heterocycles. The molecule has 1 aromatic carbocycles. The topological polar surface area (TPSA) is 142 Å². The molecule has 79 heavy (non-hydrogen) atoms. The standard InChI is InChI=1S/C33H26F34N4O6S2/c1-3-9-71(79(76,77)33(66,67)29(56,57)25(48,49)21(40,41)19(36,37)23(44,45)27(52,53)31(61,62)63)10-8-70-16(72)14-5-4-13(2)15(11-14)17(73)69-7-6-68-12-78(74,75)32(64,65)28(54,55)24(46,47)20(38,39)18(34,35)22(42,43)26(50,51)30(58,59)60/h4-5,11,68H,3,6-10,12H2,1-2H3,(H,69,73)(H,70,72). The summed E-state index contributed by atoms with van der Waals surface area (Å²) in [5, 5.41) is -11.5. The van der Waals surface area contributed by atoms with E-state index in [1.807, 2.05) is 0 Å². The zero-order valence-corrected chi connectivity index (χ0v) is 38.9. The van der Waals surface area contributed by atoms with Crippen molar-refractivity contribution < 1.29 is 176 Å². The van der Waals surface area contributed by atoms with Gasteiger partial charge in [-0.05, 0) is 31.0 Å². The van der Waals surface area contributed by atoms with E-state index < -0.39 is 186 Å². The number of alkyl halides is 34. The van der Waals surface area contributed by atoms with Gasteiger partial charge in [-0.3, -0.25) is 9.59 Å². The third-order valence-electron chi connectivity index (χ3n) is 10.2. The van der Waals surface area contributed by atoms with Crippen LogP contribution in [0.4, 0.5) is 149 Å². The van der Waals surface area contributed by atoms with Gasteiger partial charge in [0.1, 0.15) is 5.88 Å². The first-order valence-corrected chi connectivity index (χ1v) is 22.5. The SMILES string of the molecule is CCCN(CCNC(=O)c1ccc(C)c(C(=O)NCCNCS(=O)(=O)C(F)(F)C(F)(F)C(F)(F)C(F)(F)C(F)(F)C(F)(F)C(F)(F)C(F)(F)F)c1)S(=O)(=O)C(F)(F)C(F)(F)C(F)(F)C(F)(F)C(F)(F)C(F)(F)C(F)(F)C(F)(F)F. The molecule has 0 saturated heterocycles. The van der Waals surface area contributed by atoms with Crippen molar-refractivity contribution in [1.29, 1.82) is 0 Å². The molecule has 0 aliphatic carbocycles. The summed E-state index contributed by atoms with van der Waals surface area (Å²) in [7, 11) is -15.5. The number of nitrogens with one attached hydrogen (secondary N) is 3. The van der Waals surface area contributed by atoms with E-state index in [-0.39, 0.29) is 5.56 Å². The molecule has 0 saturated carbocycles. The maximum atomic E-state index is 14.9. The Morgan fingerprint density at radius 3 is 1.11 bits per heavy atom. The molecule has 0 spiro atoms. The van der Waals surface area contributed by atoms with Crippen LogP contribution in [0.15, 0.2) is 18.2 Å². The van der Waals surface area contributed by atoms with Gasteiger partial charge in [0.15, 0.2) is 0 Å². The van der Waals surface area contributed by atoms with Crippen molar-refractivity contribution in [3.63, 3.8) is 0 Å². The van der Waals surface area contributed by atoms with Gasteiger partial charge in [-0.1, -0.05) is 13.0 Å². The van der Waals surface area contributed by atoms with Crippen molar-refractivity contribution in [2.75, 3.05) is 38.6 Å². The lowest BCUT2D eigenvalue weighted by Gasteiger charge is -2.43. The summed E-state index contributed by atoms with van der Waals surface area (Å²) in [5.74, 6) is -113. The molecule has 0 aromatic heterocycles. The smallest absolute Gasteiger partial charge is 0.351 e. The number of rotatable bonds is 27. The van der Waals surface area contributed by atoms with Gasteiger partial charge in [-0.25, -0.2) is 16.8 Å². The third-order valence-corrected chi connectivity index (χ3v) is 13.8. The minimum absolute atomic E-state index is 0.282. The normalized spacial score (nSPS) is 15.7. The Balaban J connectivity index is 3.31. The number of amides is 2. The molecule has 2 amide bonds. The summed E-state index contributed by atoms with van der Waals surface area (Å²) in [4.78, 5) is 25.4. The molecule has 10 nitrogen and oxygen atoms in total. The first-order valence-electron chi connectivity index (χ1n) is 19.4. The highest BCUT2D eigenvalue weighted by Crippen LogP contribution is 2.66. The summed E-state index contributed by atoms with van der Waals surface area (Å²) in [6, 6.07) is 1.89. The monoisotopic (exact) mass is 1280 g/mol. The van der Waals surface area contributed by atoms with Crippen LogP contribution in [0.5, 0.6) is 0 Å². The third kappa shape index (κ3) is 11.1. The zero-order valence-electron chi connectivity index (χ0n) is 37.2. The van der Waals surface area contributed by atoms with E-state index in [1.54, 1.807) is 10.6 Å². The molecule has 0 unspecified atom stereocenters. The Morgan fingerprint density at radius 2 is 0.759 bits per heavy atom. The number of nitrogens with zero attached hydrogens (tertiary/aromatic N) is 1. The van der Waals surface area contributed by atoms with Crippen LogP contribution >= 0.6 is 0 Å². The van der Waals surface area contributed by atoms with E-state index in [0.717, 1.165) is 25.2 Å². The van der Waals surface area contributed by atoms with Crippen molar-refractivity contribution in [2.24, 2.45) is 0 Å². The highest BCUT2D eigenvalue weighted by molar-refractivity contribution is 7.92. The lowest BCUT2D eigenvalue weighted by Crippen LogP contribution is -2.75. The van der Waals surface area contributed by atoms with Crippen LogP contribution in [-0.2, 0) is 19.9 Å². The van der Waals surface area contributed by atoms with E-state index in [9.17, 15) is 176 Å². The fourth-order valence-corrected chi connectivity index (χ4v) is 8.12. The number of benzene rings is 1. The Hall–Kier alpha value is -4.40. The van der Waals surface area contributed by atoms with Crippen LogP contribution in [0.25, 0.3) is 0 Å². The molecule has 0 fully saturated rings. The average molecular weight is 1280 g/mol. The van der Waals surface area contributed by atoms with Gasteiger partial charge in [0.25, 0.3) is 21.8 Å². The van der Waals surface area contributed by atoms with Gasteiger partial charge < -0.3 is 16.0 Å². The van der Waals surface area contributed by atoms with Crippen molar-refractivity contribution in [3.05, 3.63) is 34.9 Å². The maximum Gasteiger partial charge on any atom is 0.460 e. The average Bonchev–Trinajstić information content (AvgIpc) is 3.26. The summed E-state index contributed by atoms with van der Waals surface area (Å²) in [5.41, 5.74) is -1.94. The molecule has 0 atom stereocenters. The molecule has 0 aliphatic rings. The molecular formula is C33H26F34N4O6S2.